The molecule has 0 amide bonds. The maximum Gasteiger partial charge on any atom is 0.332 e. The van der Waals surface area contributed by atoms with Crippen LogP contribution in [0.2, 0.25) is 0 Å². The van der Waals surface area contributed by atoms with Crippen LogP contribution in [0.15, 0.2) is 0 Å². The smallest absolute Gasteiger partial charge is 0.332 e. The molecule has 0 saturated heterocycles. The van der Waals surface area contributed by atoms with Crippen LogP contribution in [-0.4, -0.2) is 61.3 Å². The molecular formula is C11H20O7. The zero-order valence-electron chi connectivity index (χ0n) is 10.5. The predicted molar refractivity (Wildman–Crippen MR) is 60.7 cm³/mol. The number of rotatable bonds is 10. The predicted octanol–water partition coefficient (Wildman–Crippen LogP) is -0.757. The van der Waals surface area contributed by atoms with Crippen molar-refractivity contribution in [3.63, 3.8) is 0 Å². The summed E-state index contributed by atoms with van der Waals surface area (Å²) in [5, 5.41) is 17.0. The molecule has 0 spiro atoms. The van der Waals surface area contributed by atoms with Gasteiger partial charge in [-0.2, -0.15) is 0 Å². The van der Waals surface area contributed by atoms with E-state index in [1.807, 2.05) is 6.92 Å². The fourth-order valence-corrected chi connectivity index (χ4v) is 1.03. The Hall–Kier alpha value is -1.18. The molecule has 0 saturated carbocycles. The van der Waals surface area contributed by atoms with Crippen molar-refractivity contribution in [3.8, 4) is 0 Å². The lowest BCUT2D eigenvalue weighted by Crippen LogP contribution is -2.31. The van der Waals surface area contributed by atoms with Gasteiger partial charge in [0, 0.05) is 6.61 Å². The highest BCUT2D eigenvalue weighted by Gasteiger charge is 2.16. The van der Waals surface area contributed by atoms with Crippen LogP contribution in [0, 0.1) is 0 Å². The van der Waals surface area contributed by atoms with E-state index in [0.717, 1.165) is 12.8 Å². The van der Waals surface area contributed by atoms with E-state index in [9.17, 15) is 9.59 Å². The van der Waals surface area contributed by atoms with E-state index in [-0.39, 0.29) is 13.2 Å². The van der Waals surface area contributed by atoms with Crippen molar-refractivity contribution in [1.82, 2.24) is 0 Å². The molecule has 0 aromatic rings. The Labute approximate surface area is 106 Å². The van der Waals surface area contributed by atoms with Gasteiger partial charge in [0.05, 0.1) is 6.61 Å². The molecule has 0 bridgehead atoms. The molecule has 7 heteroatoms. The number of hydrogen-bond donors (Lipinski definition) is 2. The highest BCUT2D eigenvalue weighted by atomic mass is 16.6. The number of esters is 2. The second-order valence-corrected chi connectivity index (χ2v) is 3.54. The molecule has 0 aliphatic heterocycles. The second-order valence-electron chi connectivity index (χ2n) is 3.54. The highest BCUT2D eigenvalue weighted by molar-refractivity contribution is 5.71. The minimum absolute atomic E-state index is 0.0739. The van der Waals surface area contributed by atoms with Gasteiger partial charge in [0.25, 0.3) is 0 Å². The zero-order valence-corrected chi connectivity index (χ0v) is 10.5. The fourth-order valence-electron chi connectivity index (χ4n) is 1.03. The molecule has 0 fully saturated rings. The molecular weight excluding hydrogens is 244 g/mol. The summed E-state index contributed by atoms with van der Waals surface area (Å²) in [4.78, 5) is 21.7. The first-order valence-corrected chi connectivity index (χ1v) is 5.78. The van der Waals surface area contributed by atoms with Gasteiger partial charge in [0.15, 0.2) is 6.10 Å². The molecule has 1 atom stereocenters. The van der Waals surface area contributed by atoms with Gasteiger partial charge in [-0.05, 0) is 6.42 Å². The molecule has 0 aromatic carbocycles. The topological polar surface area (TPSA) is 102 Å². The van der Waals surface area contributed by atoms with E-state index in [1.54, 1.807) is 0 Å². The fraction of sp³-hybridized carbons (Fsp3) is 0.818. The van der Waals surface area contributed by atoms with Crippen molar-refractivity contribution < 1.29 is 34.0 Å². The minimum atomic E-state index is -0.820. The lowest BCUT2D eigenvalue weighted by Gasteiger charge is -2.17. The second kappa shape index (κ2) is 10.9. The minimum Gasteiger partial charge on any atom is -0.460 e. The van der Waals surface area contributed by atoms with Crippen LogP contribution in [0.4, 0.5) is 0 Å². The van der Waals surface area contributed by atoms with Crippen LogP contribution in [-0.2, 0) is 23.8 Å². The van der Waals surface area contributed by atoms with Crippen LogP contribution in [0.5, 0.6) is 0 Å². The lowest BCUT2D eigenvalue weighted by atomic mass is 10.3. The maximum atomic E-state index is 10.9. The molecule has 0 aliphatic carbocycles. The Morgan fingerprint density at radius 2 is 1.78 bits per heavy atom. The van der Waals surface area contributed by atoms with Crippen molar-refractivity contribution in [2.75, 3.05) is 33.0 Å². The summed E-state index contributed by atoms with van der Waals surface area (Å²) in [7, 11) is 0. The molecule has 0 rings (SSSR count). The Bertz CT molecular complexity index is 242. The van der Waals surface area contributed by atoms with Crippen LogP contribution < -0.4 is 0 Å². The van der Waals surface area contributed by atoms with Crippen molar-refractivity contribution in [3.05, 3.63) is 0 Å². The summed E-state index contributed by atoms with van der Waals surface area (Å²) >= 11 is 0. The number of carbonyl (C=O) groups is 2. The largest absolute Gasteiger partial charge is 0.460 e. The van der Waals surface area contributed by atoms with Gasteiger partial charge in [-0.3, -0.25) is 0 Å². The summed E-state index contributed by atoms with van der Waals surface area (Å²) in [6.07, 6.45) is 1.06. The van der Waals surface area contributed by atoms with E-state index in [2.05, 4.69) is 4.74 Å². The van der Waals surface area contributed by atoms with Crippen LogP contribution in [0.25, 0.3) is 0 Å². The first-order valence-electron chi connectivity index (χ1n) is 5.78. The summed E-state index contributed by atoms with van der Waals surface area (Å²) < 4.78 is 14.7. The quantitative estimate of drug-likeness (QED) is 0.395. The number of unbranched alkanes of at least 4 members (excludes halogenated alkanes) is 1. The lowest BCUT2D eigenvalue weighted by molar-refractivity contribution is -0.166. The number of aliphatic hydroxyl groups is 2. The van der Waals surface area contributed by atoms with Crippen molar-refractivity contribution >= 4 is 11.9 Å². The third-order valence-corrected chi connectivity index (χ3v) is 1.93. The standard InChI is InChI=1S/C11H20O7/c1-2-3-4-16-7-9(18-11(15)6-13)8-17-10(14)5-12/h9,12-13H,2-8H2,1H3. The summed E-state index contributed by atoms with van der Waals surface area (Å²) in [6.45, 7) is 0.895. The number of carbonyl (C=O) groups excluding carboxylic acids is 2. The number of aliphatic hydroxyl groups excluding tert-OH is 2. The molecule has 0 aliphatic rings. The monoisotopic (exact) mass is 264 g/mol. The van der Waals surface area contributed by atoms with Gasteiger partial charge in [0.1, 0.15) is 19.8 Å². The van der Waals surface area contributed by atoms with Crippen LogP contribution >= 0.6 is 0 Å². The Balaban J connectivity index is 3.99. The van der Waals surface area contributed by atoms with E-state index >= 15 is 0 Å². The maximum absolute atomic E-state index is 10.9. The van der Waals surface area contributed by atoms with E-state index < -0.39 is 31.3 Å². The molecule has 0 radical (unpaired) electrons. The van der Waals surface area contributed by atoms with Crippen molar-refractivity contribution in [1.29, 1.82) is 0 Å². The Morgan fingerprint density at radius 3 is 2.33 bits per heavy atom. The van der Waals surface area contributed by atoms with Crippen molar-refractivity contribution in [2.24, 2.45) is 0 Å². The third kappa shape index (κ3) is 8.91. The summed E-state index contributed by atoms with van der Waals surface area (Å²) in [5.74, 6) is -1.63. The molecule has 1 unspecified atom stereocenters. The summed E-state index contributed by atoms with van der Waals surface area (Å²) in [5.41, 5.74) is 0. The first-order chi connectivity index (χ1) is 8.63. The molecule has 18 heavy (non-hydrogen) atoms. The zero-order chi connectivity index (χ0) is 13.8. The van der Waals surface area contributed by atoms with Crippen LogP contribution in [0.1, 0.15) is 19.8 Å². The molecule has 2 N–H and O–H groups in total. The Morgan fingerprint density at radius 1 is 1.11 bits per heavy atom. The van der Waals surface area contributed by atoms with Crippen LogP contribution in [0.3, 0.4) is 0 Å². The van der Waals surface area contributed by atoms with Gasteiger partial charge < -0.3 is 24.4 Å². The first kappa shape index (κ1) is 16.8. The average Bonchev–Trinajstić information content (AvgIpc) is 2.39. The van der Waals surface area contributed by atoms with E-state index in [0.29, 0.717) is 6.61 Å². The van der Waals surface area contributed by atoms with Gasteiger partial charge in [-0.25, -0.2) is 9.59 Å². The molecule has 7 nitrogen and oxygen atoms in total. The highest BCUT2D eigenvalue weighted by Crippen LogP contribution is 1.98. The van der Waals surface area contributed by atoms with Crippen molar-refractivity contribution in [2.45, 2.75) is 25.9 Å². The van der Waals surface area contributed by atoms with Gasteiger partial charge in [0.2, 0.25) is 0 Å². The molecule has 0 aromatic heterocycles. The van der Waals surface area contributed by atoms with Gasteiger partial charge in [-0.1, -0.05) is 13.3 Å². The van der Waals surface area contributed by atoms with Gasteiger partial charge in [-0.15, -0.1) is 0 Å². The SMILES string of the molecule is CCCCOCC(COC(=O)CO)OC(=O)CO. The number of ether oxygens (including phenoxy) is 3. The summed E-state index contributed by atoms with van der Waals surface area (Å²) in [6, 6.07) is 0. The molecule has 106 valence electrons. The van der Waals surface area contributed by atoms with E-state index in [4.69, 9.17) is 19.7 Å². The van der Waals surface area contributed by atoms with E-state index in [1.165, 1.54) is 0 Å². The van der Waals surface area contributed by atoms with Gasteiger partial charge >= 0.3 is 11.9 Å². The Kier molecular flexibility index (Phi) is 10.2. The third-order valence-electron chi connectivity index (χ3n) is 1.93. The normalized spacial score (nSPS) is 11.9. The molecule has 0 heterocycles. The average molecular weight is 264 g/mol. The number of hydrogen-bond acceptors (Lipinski definition) is 7.